The van der Waals surface area contributed by atoms with Crippen LogP contribution < -0.4 is 10.6 Å². The van der Waals surface area contributed by atoms with Crippen LogP contribution in [0.25, 0.3) is 0 Å². The van der Waals surface area contributed by atoms with Crippen molar-refractivity contribution in [2.45, 2.75) is 13.0 Å². The minimum Gasteiger partial charge on any atom is -0.348 e. The van der Waals surface area contributed by atoms with E-state index < -0.39 is 0 Å². The summed E-state index contributed by atoms with van der Waals surface area (Å²) in [4.78, 5) is 4.47. The highest BCUT2D eigenvalue weighted by Crippen LogP contribution is 2.25. The van der Waals surface area contributed by atoms with Crippen molar-refractivity contribution in [2.75, 3.05) is 5.32 Å². The van der Waals surface area contributed by atoms with Crippen molar-refractivity contribution in [3.8, 4) is 0 Å². The number of imidazole rings is 1. The van der Waals surface area contributed by atoms with Gasteiger partial charge in [-0.05, 0) is 54.5 Å². The van der Waals surface area contributed by atoms with E-state index in [1.807, 2.05) is 67.2 Å². The SMILES string of the molecule is Cc1c(Cl)cccc1NC(=S)N[C@H](c1ccc(Cl)cc1)c1nccn1C. The van der Waals surface area contributed by atoms with Crippen LogP contribution in [0.3, 0.4) is 0 Å². The van der Waals surface area contributed by atoms with E-state index in [1.165, 1.54) is 0 Å². The zero-order valence-corrected chi connectivity index (χ0v) is 16.7. The summed E-state index contributed by atoms with van der Waals surface area (Å²) in [6.45, 7) is 1.95. The smallest absolute Gasteiger partial charge is 0.171 e. The van der Waals surface area contributed by atoms with E-state index in [-0.39, 0.29) is 6.04 Å². The van der Waals surface area contributed by atoms with Crippen LogP contribution in [0.4, 0.5) is 5.69 Å². The molecule has 3 rings (SSSR count). The maximum absolute atomic E-state index is 6.19. The highest BCUT2D eigenvalue weighted by molar-refractivity contribution is 7.80. The predicted octanol–water partition coefficient (Wildman–Crippen LogP) is 5.11. The number of anilines is 1. The van der Waals surface area contributed by atoms with Crippen LogP contribution in [0.5, 0.6) is 0 Å². The summed E-state index contributed by atoms with van der Waals surface area (Å²) in [6.07, 6.45) is 3.66. The number of nitrogens with one attached hydrogen (secondary N) is 2. The van der Waals surface area contributed by atoms with E-state index in [1.54, 1.807) is 6.20 Å². The molecule has 0 amide bonds. The van der Waals surface area contributed by atoms with Crippen LogP contribution >= 0.6 is 35.4 Å². The van der Waals surface area contributed by atoms with Crippen molar-refractivity contribution in [1.82, 2.24) is 14.9 Å². The van der Waals surface area contributed by atoms with Gasteiger partial charge in [0.15, 0.2) is 5.11 Å². The van der Waals surface area contributed by atoms with Gasteiger partial charge in [0.1, 0.15) is 11.9 Å². The molecule has 2 aromatic carbocycles. The van der Waals surface area contributed by atoms with Gasteiger partial charge in [0.2, 0.25) is 0 Å². The summed E-state index contributed by atoms with van der Waals surface area (Å²) in [5.41, 5.74) is 2.82. The first-order chi connectivity index (χ1) is 12.5. The average molecular weight is 405 g/mol. The second-order valence-corrected chi connectivity index (χ2v) is 7.14. The van der Waals surface area contributed by atoms with E-state index in [9.17, 15) is 0 Å². The standard InChI is InChI=1S/C19H18Cl2N4S/c1-12-15(21)4-3-5-16(12)23-19(26)24-17(18-22-10-11-25(18)2)13-6-8-14(20)9-7-13/h3-11,17H,1-2H3,(H2,23,24,26)/t17-/m1/s1. The van der Waals surface area contributed by atoms with Crippen molar-refractivity contribution >= 4 is 46.2 Å². The molecule has 26 heavy (non-hydrogen) atoms. The molecule has 3 aromatic rings. The maximum atomic E-state index is 6.19. The van der Waals surface area contributed by atoms with E-state index >= 15 is 0 Å². The van der Waals surface area contributed by atoms with Crippen molar-refractivity contribution in [1.29, 1.82) is 0 Å². The second-order valence-electron chi connectivity index (χ2n) is 5.89. The molecule has 1 heterocycles. The number of thiocarbonyl (C=S) groups is 1. The summed E-state index contributed by atoms with van der Waals surface area (Å²) in [5, 5.41) is 8.42. The van der Waals surface area contributed by atoms with Crippen LogP contribution in [0.15, 0.2) is 54.9 Å². The van der Waals surface area contributed by atoms with Crippen molar-refractivity contribution < 1.29 is 0 Å². The third-order valence-corrected chi connectivity index (χ3v) is 4.99. The van der Waals surface area contributed by atoms with Crippen LogP contribution in [0.1, 0.15) is 23.0 Å². The Labute approximate surface area is 168 Å². The van der Waals surface area contributed by atoms with Crippen molar-refractivity contribution in [2.24, 2.45) is 7.05 Å². The third-order valence-electron chi connectivity index (χ3n) is 4.11. The normalized spacial score (nSPS) is 11.8. The molecule has 0 bridgehead atoms. The monoisotopic (exact) mass is 404 g/mol. The first-order valence-corrected chi connectivity index (χ1v) is 9.17. The van der Waals surface area contributed by atoms with Gasteiger partial charge < -0.3 is 15.2 Å². The summed E-state index contributed by atoms with van der Waals surface area (Å²) >= 11 is 17.7. The summed E-state index contributed by atoms with van der Waals surface area (Å²) < 4.78 is 1.96. The Bertz CT molecular complexity index is 922. The summed E-state index contributed by atoms with van der Waals surface area (Å²) in [7, 11) is 1.95. The van der Waals surface area contributed by atoms with Crippen LogP contribution in [0.2, 0.25) is 10.0 Å². The lowest BCUT2D eigenvalue weighted by atomic mass is 10.1. The Morgan fingerprint density at radius 3 is 2.54 bits per heavy atom. The van der Waals surface area contributed by atoms with Gasteiger partial charge in [0, 0.05) is 35.2 Å². The molecule has 4 nitrogen and oxygen atoms in total. The van der Waals surface area contributed by atoms with E-state index in [0.717, 1.165) is 22.6 Å². The lowest BCUT2D eigenvalue weighted by molar-refractivity contribution is 0.664. The fraction of sp³-hybridized carbons (Fsp3) is 0.158. The van der Waals surface area contributed by atoms with Crippen molar-refractivity contribution in [3.05, 3.63) is 81.9 Å². The van der Waals surface area contributed by atoms with Crippen LogP contribution in [0, 0.1) is 6.92 Å². The molecule has 7 heteroatoms. The molecule has 0 aliphatic rings. The topological polar surface area (TPSA) is 41.9 Å². The highest BCUT2D eigenvalue weighted by atomic mass is 35.5. The van der Waals surface area contributed by atoms with E-state index in [4.69, 9.17) is 35.4 Å². The van der Waals surface area contributed by atoms with Gasteiger partial charge in [0.05, 0.1) is 0 Å². The summed E-state index contributed by atoms with van der Waals surface area (Å²) in [5.74, 6) is 0.847. The van der Waals surface area contributed by atoms with Crippen LogP contribution in [-0.4, -0.2) is 14.7 Å². The van der Waals surface area contributed by atoms with Gasteiger partial charge in [-0.25, -0.2) is 4.98 Å². The third kappa shape index (κ3) is 4.18. The number of hydrogen-bond acceptors (Lipinski definition) is 2. The average Bonchev–Trinajstić information content (AvgIpc) is 3.03. The van der Waals surface area contributed by atoms with Gasteiger partial charge in [0.25, 0.3) is 0 Å². The predicted molar refractivity (Wildman–Crippen MR) is 112 cm³/mol. The minimum atomic E-state index is -0.216. The molecule has 0 saturated carbocycles. The molecule has 2 N–H and O–H groups in total. The molecule has 134 valence electrons. The number of aryl methyl sites for hydroxylation is 1. The Morgan fingerprint density at radius 1 is 1.15 bits per heavy atom. The number of halogens is 2. The number of nitrogens with zero attached hydrogens (tertiary/aromatic N) is 2. The molecule has 0 saturated heterocycles. The molecular weight excluding hydrogens is 387 g/mol. The number of rotatable bonds is 4. The van der Waals surface area contributed by atoms with E-state index in [2.05, 4.69) is 15.6 Å². The molecule has 0 radical (unpaired) electrons. The molecular formula is C19H18Cl2N4S. The first kappa shape index (κ1) is 18.7. The van der Waals surface area contributed by atoms with E-state index in [0.29, 0.717) is 15.2 Å². The maximum Gasteiger partial charge on any atom is 0.171 e. The zero-order valence-electron chi connectivity index (χ0n) is 14.3. The fourth-order valence-corrected chi connectivity index (χ4v) is 3.17. The Balaban J connectivity index is 1.86. The van der Waals surface area contributed by atoms with Gasteiger partial charge in [-0.1, -0.05) is 41.4 Å². The Morgan fingerprint density at radius 2 is 1.88 bits per heavy atom. The quantitative estimate of drug-likeness (QED) is 0.592. The number of aromatic nitrogens is 2. The largest absolute Gasteiger partial charge is 0.348 e. The fourth-order valence-electron chi connectivity index (χ4n) is 2.64. The van der Waals surface area contributed by atoms with Crippen LogP contribution in [-0.2, 0) is 7.05 Å². The lowest BCUT2D eigenvalue weighted by Crippen LogP contribution is -2.34. The van der Waals surface area contributed by atoms with Gasteiger partial charge in [-0.15, -0.1) is 0 Å². The molecule has 0 aliphatic carbocycles. The molecule has 0 aliphatic heterocycles. The van der Waals surface area contributed by atoms with Gasteiger partial charge in [-0.2, -0.15) is 0 Å². The highest BCUT2D eigenvalue weighted by Gasteiger charge is 2.19. The minimum absolute atomic E-state index is 0.216. The van der Waals surface area contributed by atoms with Gasteiger partial charge >= 0.3 is 0 Å². The lowest BCUT2D eigenvalue weighted by Gasteiger charge is -2.22. The molecule has 1 aromatic heterocycles. The Hall–Kier alpha value is -2.08. The summed E-state index contributed by atoms with van der Waals surface area (Å²) in [6, 6.07) is 13.1. The molecule has 1 atom stereocenters. The second kappa shape index (κ2) is 8.08. The Kier molecular flexibility index (Phi) is 5.81. The molecule has 0 fully saturated rings. The van der Waals surface area contributed by atoms with Crippen molar-refractivity contribution in [3.63, 3.8) is 0 Å². The molecule has 0 unspecified atom stereocenters. The van der Waals surface area contributed by atoms with Gasteiger partial charge in [-0.3, -0.25) is 0 Å². The number of hydrogen-bond donors (Lipinski definition) is 2. The number of benzene rings is 2. The zero-order chi connectivity index (χ0) is 18.7. The first-order valence-electron chi connectivity index (χ1n) is 8.01. The molecule has 0 spiro atoms.